The number of hydrogen-bond donors (Lipinski definition) is 2. The van der Waals surface area contributed by atoms with E-state index in [-0.39, 0.29) is 12.1 Å². The number of hydrogen-bond acceptors (Lipinski definition) is 2. The first-order valence-electron chi connectivity index (χ1n) is 6.62. The summed E-state index contributed by atoms with van der Waals surface area (Å²) >= 11 is 6.00. The Bertz CT molecular complexity index is 444. The van der Waals surface area contributed by atoms with Crippen molar-refractivity contribution < 1.29 is 4.79 Å². The molecule has 0 saturated carbocycles. The summed E-state index contributed by atoms with van der Waals surface area (Å²) in [6.07, 6.45) is 1.88. The summed E-state index contributed by atoms with van der Waals surface area (Å²) in [7, 11) is 0. The molecule has 0 bridgehead atoms. The van der Waals surface area contributed by atoms with Crippen LogP contribution in [-0.4, -0.2) is 30.1 Å². The van der Waals surface area contributed by atoms with Gasteiger partial charge in [-0.3, -0.25) is 0 Å². The molecule has 19 heavy (non-hydrogen) atoms. The van der Waals surface area contributed by atoms with E-state index >= 15 is 0 Å². The van der Waals surface area contributed by atoms with Crippen LogP contribution in [0.3, 0.4) is 0 Å². The van der Waals surface area contributed by atoms with Gasteiger partial charge in [0.2, 0.25) is 0 Å². The van der Waals surface area contributed by atoms with Crippen molar-refractivity contribution in [2.45, 2.75) is 31.8 Å². The van der Waals surface area contributed by atoms with Gasteiger partial charge in [0.05, 0.1) is 0 Å². The number of likely N-dealkylation sites (tertiary alicyclic amines) is 1. The fourth-order valence-electron chi connectivity index (χ4n) is 2.49. The second kappa shape index (κ2) is 6.26. The standard InChI is InChI=1S/C14H20ClN3O/c1-10(11-3-2-4-12(15)9-11)17-13-5-7-18(8-6-13)14(16)19/h2-4,9-10,13,17H,5-8H2,1H3,(H2,16,19). The Morgan fingerprint density at radius 2 is 2.16 bits per heavy atom. The molecule has 2 rings (SSSR count). The number of carbonyl (C=O) groups excluding carboxylic acids is 1. The van der Waals surface area contributed by atoms with E-state index in [0.717, 1.165) is 31.0 Å². The lowest BCUT2D eigenvalue weighted by Crippen LogP contribution is -2.47. The van der Waals surface area contributed by atoms with Crippen LogP contribution in [-0.2, 0) is 0 Å². The number of rotatable bonds is 3. The highest BCUT2D eigenvalue weighted by molar-refractivity contribution is 6.30. The quantitative estimate of drug-likeness (QED) is 0.894. The van der Waals surface area contributed by atoms with Crippen molar-refractivity contribution in [1.29, 1.82) is 0 Å². The maximum Gasteiger partial charge on any atom is 0.314 e. The maximum absolute atomic E-state index is 11.1. The Balaban J connectivity index is 1.87. The predicted octanol–water partition coefficient (Wildman–Crippen LogP) is 2.53. The smallest absolute Gasteiger partial charge is 0.314 e. The van der Waals surface area contributed by atoms with Crippen molar-refractivity contribution >= 4 is 17.6 Å². The summed E-state index contributed by atoms with van der Waals surface area (Å²) in [5.41, 5.74) is 6.46. The van der Waals surface area contributed by atoms with Crippen LogP contribution in [0.4, 0.5) is 4.79 Å². The first-order chi connectivity index (χ1) is 9.06. The zero-order valence-electron chi connectivity index (χ0n) is 11.1. The zero-order valence-corrected chi connectivity index (χ0v) is 11.9. The van der Waals surface area contributed by atoms with Gasteiger partial charge in [-0.05, 0) is 37.5 Å². The van der Waals surface area contributed by atoms with Crippen LogP contribution in [0.15, 0.2) is 24.3 Å². The van der Waals surface area contributed by atoms with Crippen molar-refractivity contribution in [2.75, 3.05) is 13.1 Å². The maximum atomic E-state index is 11.1. The molecular formula is C14H20ClN3O. The Labute approximate surface area is 118 Å². The molecule has 1 heterocycles. The second-order valence-electron chi connectivity index (χ2n) is 5.04. The molecular weight excluding hydrogens is 262 g/mol. The average Bonchev–Trinajstić information content (AvgIpc) is 2.39. The number of nitrogens with zero attached hydrogens (tertiary/aromatic N) is 1. The molecule has 1 unspecified atom stereocenters. The first-order valence-corrected chi connectivity index (χ1v) is 7.00. The number of nitrogens with one attached hydrogen (secondary N) is 1. The van der Waals surface area contributed by atoms with Crippen molar-refractivity contribution in [1.82, 2.24) is 10.2 Å². The Morgan fingerprint density at radius 3 is 2.74 bits per heavy atom. The molecule has 0 spiro atoms. The van der Waals surface area contributed by atoms with Gasteiger partial charge in [-0.1, -0.05) is 23.7 Å². The fourth-order valence-corrected chi connectivity index (χ4v) is 2.69. The topological polar surface area (TPSA) is 58.4 Å². The Hall–Kier alpha value is -1.26. The number of amides is 2. The summed E-state index contributed by atoms with van der Waals surface area (Å²) in [5.74, 6) is 0. The summed E-state index contributed by atoms with van der Waals surface area (Å²) in [6, 6.07) is 8.25. The first kappa shape index (κ1) is 14.2. The van der Waals surface area contributed by atoms with Crippen LogP contribution in [0.25, 0.3) is 0 Å². The third kappa shape index (κ3) is 3.85. The molecule has 104 valence electrons. The Kier molecular flexibility index (Phi) is 4.66. The molecule has 5 heteroatoms. The second-order valence-corrected chi connectivity index (χ2v) is 5.48. The van der Waals surface area contributed by atoms with Crippen molar-refractivity contribution in [2.24, 2.45) is 5.73 Å². The van der Waals surface area contributed by atoms with Crippen LogP contribution >= 0.6 is 11.6 Å². The third-order valence-corrected chi connectivity index (χ3v) is 3.88. The van der Waals surface area contributed by atoms with Gasteiger partial charge in [0.15, 0.2) is 0 Å². The number of carbonyl (C=O) groups is 1. The van der Waals surface area contributed by atoms with Gasteiger partial charge < -0.3 is 16.0 Å². The monoisotopic (exact) mass is 281 g/mol. The number of halogens is 1. The third-order valence-electron chi connectivity index (χ3n) is 3.64. The van der Waals surface area contributed by atoms with Gasteiger partial charge >= 0.3 is 6.03 Å². The molecule has 1 aromatic rings. The molecule has 0 radical (unpaired) electrons. The van der Waals surface area contributed by atoms with E-state index < -0.39 is 0 Å². The highest BCUT2D eigenvalue weighted by Gasteiger charge is 2.22. The van der Waals surface area contributed by atoms with Gasteiger partial charge in [-0.2, -0.15) is 0 Å². The minimum absolute atomic E-state index is 0.254. The van der Waals surface area contributed by atoms with Gasteiger partial charge in [0, 0.05) is 30.2 Å². The van der Waals surface area contributed by atoms with E-state index in [0.29, 0.717) is 6.04 Å². The number of urea groups is 1. The molecule has 1 aliphatic rings. The normalized spacial score (nSPS) is 18.3. The summed E-state index contributed by atoms with van der Waals surface area (Å²) in [5, 5.41) is 4.34. The average molecular weight is 282 g/mol. The minimum Gasteiger partial charge on any atom is -0.351 e. The molecule has 2 amide bonds. The number of piperidine rings is 1. The fraction of sp³-hybridized carbons (Fsp3) is 0.500. The van der Waals surface area contributed by atoms with Gasteiger partial charge in [0.1, 0.15) is 0 Å². The minimum atomic E-state index is -0.318. The molecule has 1 aromatic carbocycles. The highest BCUT2D eigenvalue weighted by Crippen LogP contribution is 2.20. The molecule has 0 aliphatic carbocycles. The van der Waals surface area contributed by atoms with E-state index in [2.05, 4.69) is 18.3 Å². The van der Waals surface area contributed by atoms with E-state index in [1.54, 1.807) is 4.90 Å². The molecule has 4 nitrogen and oxygen atoms in total. The van der Waals surface area contributed by atoms with Crippen LogP contribution < -0.4 is 11.1 Å². The summed E-state index contributed by atoms with van der Waals surface area (Å²) in [6.45, 7) is 3.59. The van der Waals surface area contributed by atoms with Crippen LogP contribution in [0, 0.1) is 0 Å². The predicted molar refractivity (Wildman–Crippen MR) is 77.2 cm³/mol. The van der Waals surface area contributed by atoms with Crippen molar-refractivity contribution in [3.63, 3.8) is 0 Å². The number of benzene rings is 1. The lowest BCUT2D eigenvalue weighted by atomic mass is 10.0. The summed E-state index contributed by atoms with van der Waals surface area (Å²) in [4.78, 5) is 12.8. The lowest BCUT2D eigenvalue weighted by Gasteiger charge is -2.33. The number of nitrogens with two attached hydrogens (primary N) is 1. The number of primary amides is 1. The van der Waals surface area contributed by atoms with E-state index in [1.807, 2.05) is 18.2 Å². The van der Waals surface area contributed by atoms with Crippen molar-refractivity contribution in [3.05, 3.63) is 34.9 Å². The molecule has 1 atom stereocenters. The SMILES string of the molecule is CC(NC1CCN(C(N)=O)CC1)c1cccc(Cl)c1. The molecule has 1 saturated heterocycles. The lowest BCUT2D eigenvalue weighted by molar-refractivity contribution is 0.183. The highest BCUT2D eigenvalue weighted by atomic mass is 35.5. The van der Waals surface area contributed by atoms with E-state index in [4.69, 9.17) is 17.3 Å². The van der Waals surface area contributed by atoms with Crippen LogP contribution in [0.1, 0.15) is 31.4 Å². The largest absolute Gasteiger partial charge is 0.351 e. The molecule has 0 aromatic heterocycles. The molecule has 3 N–H and O–H groups in total. The van der Waals surface area contributed by atoms with Gasteiger partial charge in [0.25, 0.3) is 0 Å². The van der Waals surface area contributed by atoms with Crippen molar-refractivity contribution in [3.8, 4) is 0 Å². The van der Waals surface area contributed by atoms with Gasteiger partial charge in [-0.15, -0.1) is 0 Å². The summed E-state index contributed by atoms with van der Waals surface area (Å²) < 4.78 is 0. The van der Waals surface area contributed by atoms with Crippen LogP contribution in [0.2, 0.25) is 5.02 Å². The molecule has 1 aliphatic heterocycles. The van der Waals surface area contributed by atoms with Gasteiger partial charge in [-0.25, -0.2) is 4.79 Å². The van der Waals surface area contributed by atoms with E-state index in [9.17, 15) is 4.79 Å². The Morgan fingerprint density at radius 1 is 1.47 bits per heavy atom. The molecule has 1 fully saturated rings. The zero-order chi connectivity index (χ0) is 13.8. The van der Waals surface area contributed by atoms with Crippen LogP contribution in [0.5, 0.6) is 0 Å². The van der Waals surface area contributed by atoms with E-state index in [1.165, 1.54) is 5.56 Å².